The first-order valence-electron chi connectivity index (χ1n) is 15.7. The maximum Gasteiger partial charge on any atom is 2.00 e. The van der Waals surface area contributed by atoms with Crippen molar-refractivity contribution < 1.29 is 25.2 Å². The van der Waals surface area contributed by atoms with E-state index in [-0.39, 0.29) is 25.8 Å². The minimum Gasteiger partial charge on any atom is -0.503 e. The Hall–Kier alpha value is -5.35. The van der Waals surface area contributed by atoms with Gasteiger partial charge in [0.2, 0.25) is 0 Å². The second kappa shape index (κ2) is 11.4. The molecule has 0 atom stereocenters. The van der Waals surface area contributed by atoms with Crippen molar-refractivity contribution in [2.75, 3.05) is 0 Å². The topological polar surface area (TPSA) is 57.2 Å². The Balaban J connectivity index is 0.00000336. The summed E-state index contributed by atoms with van der Waals surface area (Å²) in [4.78, 5) is 14.6. The van der Waals surface area contributed by atoms with Crippen molar-refractivity contribution in [3.63, 3.8) is 0 Å². The molecule has 0 bridgehead atoms. The third-order valence-corrected chi connectivity index (χ3v) is 8.81. The van der Waals surface area contributed by atoms with E-state index in [0.717, 1.165) is 71.9 Å². The van der Waals surface area contributed by atoms with Crippen molar-refractivity contribution >= 4 is 49.4 Å². The molecule has 0 aliphatic heterocycles. The van der Waals surface area contributed by atoms with Gasteiger partial charge in [0.1, 0.15) is 5.65 Å². The van der Waals surface area contributed by atoms with Gasteiger partial charge in [0.25, 0.3) is 0 Å². The molecule has 5 heterocycles. The number of pyridine rings is 3. The second-order valence-electron chi connectivity index (χ2n) is 12.9. The minimum absolute atomic E-state index is 0. The monoisotopic (exact) mass is 713 g/mol. The van der Waals surface area contributed by atoms with Crippen molar-refractivity contribution in [2.24, 2.45) is 0 Å². The van der Waals surface area contributed by atoms with Gasteiger partial charge in [-0.3, -0.25) is 9.97 Å². The van der Waals surface area contributed by atoms with Crippen LogP contribution in [0.3, 0.4) is 0 Å². The summed E-state index contributed by atoms with van der Waals surface area (Å²) < 4.78 is 10.9. The number of fused-ring (bicyclic) bond motifs is 9. The summed E-state index contributed by atoms with van der Waals surface area (Å²) in [7, 11) is 0. The van der Waals surface area contributed by atoms with Crippen molar-refractivity contribution in [3.05, 3.63) is 139 Å². The van der Waals surface area contributed by atoms with E-state index in [1.165, 1.54) is 0 Å². The Morgan fingerprint density at radius 2 is 1.42 bits per heavy atom. The summed E-state index contributed by atoms with van der Waals surface area (Å²) in [5.74, 6) is 1.18. The molecule has 48 heavy (non-hydrogen) atoms. The van der Waals surface area contributed by atoms with Gasteiger partial charge in [0, 0.05) is 46.4 Å². The number of ether oxygens (including phenoxy) is 1. The molecule has 5 aromatic heterocycles. The van der Waals surface area contributed by atoms with Crippen LogP contribution in [-0.4, -0.2) is 23.9 Å². The van der Waals surface area contributed by atoms with Gasteiger partial charge in [0.05, 0.1) is 27.9 Å². The Kier molecular flexibility index (Phi) is 7.14. The first-order valence-corrected chi connectivity index (χ1v) is 15.7. The second-order valence-corrected chi connectivity index (χ2v) is 12.9. The van der Waals surface area contributed by atoms with Gasteiger partial charge in [-0.1, -0.05) is 97.9 Å². The fraction of sp³-hybridized carbons (Fsp3) is 0.0976. The summed E-state index contributed by atoms with van der Waals surface area (Å²) >= 11 is 0. The molecule has 0 aliphatic carbocycles. The maximum atomic E-state index is 6.64. The number of hydrogen-bond acceptors (Lipinski definition) is 4. The molecule has 0 radical (unpaired) electrons. The van der Waals surface area contributed by atoms with Crippen LogP contribution in [0, 0.1) is 12.1 Å². The Bertz CT molecular complexity index is 2600. The third-order valence-electron chi connectivity index (χ3n) is 8.81. The number of aromatic nitrogens is 5. The molecule has 4 aromatic carbocycles. The van der Waals surface area contributed by atoms with Crippen LogP contribution in [0.2, 0.25) is 0 Å². The van der Waals surface area contributed by atoms with Crippen LogP contribution in [0.1, 0.15) is 26.3 Å². The van der Waals surface area contributed by atoms with Gasteiger partial charge >= 0.3 is 20.4 Å². The summed E-state index contributed by atoms with van der Waals surface area (Å²) in [6.07, 6.45) is 5.73. The number of para-hydroxylation sites is 1. The molecule has 0 saturated heterocycles. The molecular weight excluding hydrogens is 685 g/mol. The molecule has 0 aliphatic rings. The number of rotatable bonds is 4. The molecular formula is C41H29N5OPd. The maximum absolute atomic E-state index is 6.64. The molecule has 0 amide bonds. The zero-order valence-electron chi connectivity index (χ0n) is 26.5. The third kappa shape index (κ3) is 4.86. The average molecular weight is 714 g/mol. The summed E-state index contributed by atoms with van der Waals surface area (Å²) in [6, 6.07) is 42.2. The number of imidazole rings is 1. The molecule has 0 unspecified atom stereocenters. The van der Waals surface area contributed by atoms with E-state index in [1.807, 2.05) is 48.8 Å². The van der Waals surface area contributed by atoms with Crippen LogP contribution in [0.25, 0.3) is 66.3 Å². The van der Waals surface area contributed by atoms with Crippen LogP contribution in [0.4, 0.5) is 0 Å². The molecule has 9 rings (SSSR count). The van der Waals surface area contributed by atoms with Crippen molar-refractivity contribution in [2.45, 2.75) is 26.2 Å². The molecule has 7 heteroatoms. The van der Waals surface area contributed by atoms with Gasteiger partial charge in [-0.15, -0.1) is 29.8 Å². The molecule has 6 nitrogen and oxygen atoms in total. The summed E-state index contributed by atoms with van der Waals surface area (Å²) in [5, 5.41) is 4.06. The summed E-state index contributed by atoms with van der Waals surface area (Å²) in [6.45, 7) is 6.62. The summed E-state index contributed by atoms with van der Waals surface area (Å²) in [5.41, 5.74) is 8.43. The van der Waals surface area contributed by atoms with Crippen molar-refractivity contribution in [3.8, 4) is 28.4 Å². The van der Waals surface area contributed by atoms with Crippen LogP contribution >= 0.6 is 0 Å². The van der Waals surface area contributed by atoms with E-state index in [1.54, 1.807) is 0 Å². The average Bonchev–Trinajstić information content (AvgIpc) is 3.69. The zero-order valence-corrected chi connectivity index (χ0v) is 28.1. The fourth-order valence-electron chi connectivity index (χ4n) is 6.49. The van der Waals surface area contributed by atoms with E-state index >= 15 is 0 Å². The van der Waals surface area contributed by atoms with Gasteiger partial charge in [-0.2, -0.15) is 0 Å². The van der Waals surface area contributed by atoms with E-state index in [2.05, 4.69) is 115 Å². The molecule has 0 fully saturated rings. The van der Waals surface area contributed by atoms with Gasteiger partial charge in [-0.25, -0.2) is 4.98 Å². The van der Waals surface area contributed by atoms with Crippen LogP contribution in [0.5, 0.6) is 11.5 Å². The van der Waals surface area contributed by atoms with Crippen LogP contribution in [-0.2, 0) is 25.8 Å². The quantitative estimate of drug-likeness (QED) is 0.104. The molecule has 9 aromatic rings. The largest absolute Gasteiger partial charge is 2.00 e. The van der Waals surface area contributed by atoms with Gasteiger partial charge in [-0.05, 0) is 35.7 Å². The Morgan fingerprint density at radius 1 is 0.667 bits per heavy atom. The Labute approximate surface area is 291 Å². The first kappa shape index (κ1) is 30.0. The molecule has 0 spiro atoms. The molecule has 234 valence electrons. The predicted octanol–water partition coefficient (Wildman–Crippen LogP) is 9.88. The number of hydrogen-bond donors (Lipinski definition) is 0. The van der Waals surface area contributed by atoms with Crippen LogP contribution in [0.15, 0.2) is 122 Å². The first-order chi connectivity index (χ1) is 22.9. The minimum atomic E-state index is -0.137. The van der Waals surface area contributed by atoms with Crippen molar-refractivity contribution in [1.29, 1.82) is 0 Å². The van der Waals surface area contributed by atoms with E-state index in [9.17, 15) is 0 Å². The number of benzene rings is 4. The number of nitrogens with zero attached hydrogens (tertiary/aromatic N) is 5. The van der Waals surface area contributed by atoms with E-state index in [4.69, 9.17) is 19.7 Å². The smallest absolute Gasteiger partial charge is 0.503 e. The fourth-order valence-corrected chi connectivity index (χ4v) is 6.49. The SMILES string of the molecule is CC(C)(C)c1cc(Oc2[c-]c3c(cc2)c2ncccc2n2cc(-c4ccccc4)nc32)[c-]c(-n2c3ccccc3c3cccnc32)c1.[Pd+2]. The molecule has 0 N–H and O–H groups in total. The van der Waals surface area contributed by atoms with Crippen molar-refractivity contribution in [1.82, 2.24) is 23.9 Å². The van der Waals surface area contributed by atoms with Gasteiger partial charge in [0.15, 0.2) is 0 Å². The van der Waals surface area contributed by atoms with Crippen LogP contribution < -0.4 is 4.74 Å². The van der Waals surface area contributed by atoms with E-state index in [0.29, 0.717) is 11.5 Å². The predicted molar refractivity (Wildman–Crippen MR) is 188 cm³/mol. The van der Waals surface area contributed by atoms with Gasteiger partial charge < -0.3 is 13.7 Å². The van der Waals surface area contributed by atoms with E-state index < -0.39 is 0 Å². The zero-order chi connectivity index (χ0) is 31.7. The molecule has 0 saturated carbocycles. The normalized spacial score (nSPS) is 11.9. The Morgan fingerprint density at radius 3 is 2.27 bits per heavy atom. The standard InChI is InChI=1S/C41H29N5O.Pd/c1-41(2,3)27-21-28(46-36-15-8-7-13-31(36)33-14-9-20-43-39(33)46)23-30(22-27)47-29-17-18-32-34(24-29)40-44-35(26-11-5-4-6-12-26)25-45(40)37-16-10-19-42-38(32)37;/h4-22,25H,1-3H3;/q-2;+2.